The normalized spacial score (nSPS) is 12.4. The summed E-state index contributed by atoms with van der Waals surface area (Å²) in [5.74, 6) is 0.118. The summed E-state index contributed by atoms with van der Waals surface area (Å²) >= 11 is 6.20. The highest BCUT2D eigenvalue weighted by atomic mass is 35.5. The maximum Gasteiger partial charge on any atom is 0.334 e. The highest BCUT2D eigenvalue weighted by Crippen LogP contribution is 2.37. The molecule has 0 aliphatic rings. The van der Waals surface area contributed by atoms with Crippen molar-refractivity contribution in [3.05, 3.63) is 92.4 Å². The molecule has 0 bridgehead atoms. The Balaban J connectivity index is 1.86. The fraction of sp³-hybridized carbons (Fsp3) is 0.150. The van der Waals surface area contributed by atoms with E-state index in [-0.39, 0.29) is 23.1 Å². The van der Waals surface area contributed by atoms with E-state index in [2.05, 4.69) is 10.1 Å². The maximum absolute atomic E-state index is 11.4. The molecule has 136 valence electrons. The summed E-state index contributed by atoms with van der Waals surface area (Å²) in [5.41, 5.74) is 3.21. The van der Waals surface area contributed by atoms with E-state index in [0.29, 0.717) is 11.4 Å². The van der Waals surface area contributed by atoms with Gasteiger partial charge in [0.05, 0.1) is 4.92 Å². The number of nitrogens with one attached hydrogen (secondary N) is 1. The van der Waals surface area contributed by atoms with Crippen LogP contribution in [0, 0.1) is 17.0 Å². The van der Waals surface area contributed by atoms with Gasteiger partial charge in [-0.25, -0.2) is 0 Å². The number of fused-ring (bicyclic) bond motifs is 1. The van der Waals surface area contributed by atoms with E-state index in [4.69, 9.17) is 16.1 Å². The Hall–Kier alpha value is -3.12. The van der Waals surface area contributed by atoms with Crippen molar-refractivity contribution >= 4 is 28.2 Å². The molecular weight excluding hydrogens is 366 g/mol. The van der Waals surface area contributed by atoms with Crippen molar-refractivity contribution in [1.29, 1.82) is 0 Å². The lowest BCUT2D eigenvalue weighted by Gasteiger charge is -2.15. The minimum Gasteiger partial charge on any atom is -0.361 e. The van der Waals surface area contributed by atoms with Crippen LogP contribution < -0.4 is 0 Å². The number of halogens is 1. The second-order valence-electron chi connectivity index (χ2n) is 6.40. The molecule has 4 rings (SSSR count). The number of benzene rings is 2. The number of rotatable bonds is 5. The minimum atomic E-state index is -0.435. The third kappa shape index (κ3) is 3.19. The van der Waals surface area contributed by atoms with Crippen LogP contribution in [0.15, 0.2) is 59.3 Å². The molecule has 0 aliphatic carbocycles. The van der Waals surface area contributed by atoms with E-state index >= 15 is 0 Å². The second kappa shape index (κ2) is 6.89. The highest BCUT2D eigenvalue weighted by molar-refractivity contribution is 6.31. The van der Waals surface area contributed by atoms with Crippen LogP contribution in [0.25, 0.3) is 10.9 Å². The average molecular weight is 382 g/mol. The molecule has 1 N–H and O–H groups in total. The first-order chi connectivity index (χ1) is 13.0. The quantitative estimate of drug-likeness (QED) is 0.370. The molecule has 2 heterocycles. The molecule has 0 radical (unpaired) electrons. The summed E-state index contributed by atoms with van der Waals surface area (Å²) in [4.78, 5) is 14.3. The van der Waals surface area contributed by atoms with Crippen molar-refractivity contribution in [1.82, 2.24) is 10.1 Å². The first kappa shape index (κ1) is 17.3. The van der Waals surface area contributed by atoms with Crippen molar-refractivity contribution in [2.45, 2.75) is 19.3 Å². The largest absolute Gasteiger partial charge is 0.361 e. The fourth-order valence-corrected chi connectivity index (χ4v) is 3.63. The van der Waals surface area contributed by atoms with Gasteiger partial charge in [0.25, 0.3) is 0 Å². The molecule has 7 heteroatoms. The third-order valence-electron chi connectivity index (χ3n) is 4.72. The Bertz CT molecular complexity index is 1120. The van der Waals surface area contributed by atoms with Crippen LogP contribution in [0.5, 0.6) is 0 Å². The number of aryl methyl sites for hydroxylation is 1. The standard InChI is InChI=1S/C20H16ClN3O3/c1-12-20(24(25)26)19(27-23-12)10-15(13-5-3-2-4-6-13)17-11-22-18-8-7-14(21)9-16(17)18/h2-9,11,15,22H,10H2,1H3. The van der Waals surface area contributed by atoms with Crippen LogP contribution >= 0.6 is 11.6 Å². The first-order valence-corrected chi connectivity index (χ1v) is 8.83. The van der Waals surface area contributed by atoms with Crippen molar-refractivity contribution in [2.24, 2.45) is 0 Å². The molecule has 6 nitrogen and oxygen atoms in total. The zero-order valence-electron chi connectivity index (χ0n) is 14.5. The Labute approximate surface area is 159 Å². The van der Waals surface area contributed by atoms with Gasteiger partial charge in [-0.1, -0.05) is 47.1 Å². The summed E-state index contributed by atoms with van der Waals surface area (Å²) < 4.78 is 5.31. The Kier molecular flexibility index (Phi) is 4.41. The number of hydrogen-bond donors (Lipinski definition) is 1. The second-order valence-corrected chi connectivity index (χ2v) is 6.83. The smallest absolute Gasteiger partial charge is 0.334 e. The zero-order chi connectivity index (χ0) is 19.0. The molecule has 0 fully saturated rings. The van der Waals surface area contributed by atoms with Crippen molar-refractivity contribution in [3.8, 4) is 0 Å². The minimum absolute atomic E-state index is 0.0613. The SMILES string of the molecule is Cc1noc(CC(c2ccccc2)c2c[nH]c3ccc(Cl)cc23)c1[N+](=O)[O-]. The summed E-state index contributed by atoms with van der Waals surface area (Å²) in [7, 11) is 0. The summed E-state index contributed by atoms with van der Waals surface area (Å²) in [5, 5.41) is 16.9. The Morgan fingerprint density at radius 2 is 2.04 bits per heavy atom. The van der Waals surface area contributed by atoms with E-state index in [1.807, 2.05) is 54.7 Å². The van der Waals surface area contributed by atoms with Gasteiger partial charge in [-0.3, -0.25) is 10.1 Å². The van der Waals surface area contributed by atoms with Crippen LogP contribution in [0.2, 0.25) is 5.02 Å². The molecule has 1 atom stereocenters. The molecule has 2 aromatic carbocycles. The van der Waals surface area contributed by atoms with Crippen molar-refractivity contribution in [2.75, 3.05) is 0 Å². The van der Waals surface area contributed by atoms with Crippen LogP contribution in [-0.4, -0.2) is 15.1 Å². The van der Waals surface area contributed by atoms with Gasteiger partial charge in [0.15, 0.2) is 5.69 Å². The molecule has 0 amide bonds. The molecule has 0 aliphatic heterocycles. The fourth-order valence-electron chi connectivity index (χ4n) is 3.46. The summed E-state index contributed by atoms with van der Waals surface area (Å²) in [6.45, 7) is 1.58. The van der Waals surface area contributed by atoms with Crippen LogP contribution in [-0.2, 0) is 6.42 Å². The first-order valence-electron chi connectivity index (χ1n) is 8.45. The lowest BCUT2D eigenvalue weighted by atomic mass is 9.87. The van der Waals surface area contributed by atoms with Gasteiger partial charge in [0.1, 0.15) is 0 Å². The van der Waals surface area contributed by atoms with E-state index in [9.17, 15) is 10.1 Å². The van der Waals surface area contributed by atoms with Gasteiger partial charge >= 0.3 is 5.69 Å². The molecule has 4 aromatic rings. The number of H-pyrrole nitrogens is 1. The molecule has 0 saturated carbocycles. The van der Waals surface area contributed by atoms with Gasteiger partial charge in [-0.05, 0) is 36.2 Å². The van der Waals surface area contributed by atoms with Gasteiger partial charge < -0.3 is 9.51 Å². The lowest BCUT2D eigenvalue weighted by Crippen LogP contribution is -2.06. The number of hydrogen-bond acceptors (Lipinski definition) is 4. The van der Waals surface area contributed by atoms with Gasteiger partial charge in [-0.2, -0.15) is 0 Å². The van der Waals surface area contributed by atoms with E-state index in [0.717, 1.165) is 22.0 Å². The van der Waals surface area contributed by atoms with Gasteiger partial charge in [-0.15, -0.1) is 0 Å². The predicted octanol–water partition coefficient (Wildman–Crippen LogP) is 5.40. The van der Waals surface area contributed by atoms with Gasteiger partial charge in [0.2, 0.25) is 5.76 Å². The molecule has 1 unspecified atom stereocenters. The van der Waals surface area contributed by atoms with Gasteiger partial charge in [0, 0.05) is 34.5 Å². The number of aromatic amines is 1. The average Bonchev–Trinajstić information content (AvgIpc) is 3.23. The van der Waals surface area contributed by atoms with E-state index in [1.54, 1.807) is 6.92 Å². The van der Waals surface area contributed by atoms with Crippen LogP contribution in [0.3, 0.4) is 0 Å². The maximum atomic E-state index is 11.4. The lowest BCUT2D eigenvalue weighted by molar-refractivity contribution is -0.386. The molecule has 2 aromatic heterocycles. The van der Waals surface area contributed by atoms with Crippen molar-refractivity contribution in [3.63, 3.8) is 0 Å². The highest BCUT2D eigenvalue weighted by Gasteiger charge is 2.29. The number of nitro groups is 1. The monoisotopic (exact) mass is 381 g/mol. The zero-order valence-corrected chi connectivity index (χ0v) is 15.2. The summed E-state index contributed by atoms with van der Waals surface area (Å²) in [6, 6.07) is 15.5. The van der Waals surface area contributed by atoms with Crippen LogP contribution in [0.1, 0.15) is 28.5 Å². The van der Waals surface area contributed by atoms with E-state index < -0.39 is 4.92 Å². The third-order valence-corrected chi connectivity index (χ3v) is 4.96. The van der Waals surface area contributed by atoms with Crippen LogP contribution in [0.4, 0.5) is 5.69 Å². The number of nitrogens with zero attached hydrogens (tertiary/aromatic N) is 2. The molecular formula is C20H16ClN3O3. The molecule has 0 spiro atoms. The topological polar surface area (TPSA) is 85.0 Å². The number of aromatic nitrogens is 2. The molecule has 0 saturated heterocycles. The van der Waals surface area contributed by atoms with E-state index in [1.165, 1.54) is 0 Å². The molecule has 27 heavy (non-hydrogen) atoms. The Morgan fingerprint density at radius 1 is 1.26 bits per heavy atom. The van der Waals surface area contributed by atoms with Crippen molar-refractivity contribution < 1.29 is 9.45 Å². The predicted molar refractivity (Wildman–Crippen MR) is 103 cm³/mol. The Morgan fingerprint density at radius 3 is 2.78 bits per heavy atom. The summed E-state index contributed by atoms with van der Waals surface area (Å²) in [6.07, 6.45) is 2.24.